The Balaban J connectivity index is 1.79. The van der Waals surface area contributed by atoms with E-state index in [4.69, 9.17) is 4.74 Å². The molecule has 1 fully saturated rings. The third kappa shape index (κ3) is 10.6. The van der Waals surface area contributed by atoms with E-state index in [0.717, 1.165) is 69.4 Å². The van der Waals surface area contributed by atoms with E-state index >= 15 is 0 Å². The number of amides is 2. The topological polar surface area (TPSA) is 79.5 Å². The van der Waals surface area contributed by atoms with Crippen LogP contribution in [0.1, 0.15) is 78.2 Å². The first kappa shape index (κ1) is 27.7. The van der Waals surface area contributed by atoms with Crippen molar-refractivity contribution < 1.29 is 14.3 Å². The lowest BCUT2D eigenvalue weighted by Crippen LogP contribution is -2.49. The Bertz CT molecular complexity index is 789. The highest BCUT2D eigenvalue weighted by Crippen LogP contribution is 2.33. The molecule has 0 aromatic heterocycles. The maximum absolute atomic E-state index is 12.8. The van der Waals surface area contributed by atoms with Gasteiger partial charge in [-0.2, -0.15) is 0 Å². The molecule has 6 nitrogen and oxygen atoms in total. The number of hydrogen-bond acceptors (Lipinski definition) is 4. The van der Waals surface area contributed by atoms with E-state index in [0.29, 0.717) is 18.4 Å². The van der Waals surface area contributed by atoms with Gasteiger partial charge in [-0.25, -0.2) is 0 Å². The number of carbonyl (C=O) groups excluding carboxylic acids is 2. The molecule has 190 valence electrons. The first-order valence-corrected chi connectivity index (χ1v) is 13.2. The zero-order valence-corrected chi connectivity index (χ0v) is 21.6. The molecule has 34 heavy (non-hydrogen) atoms. The van der Waals surface area contributed by atoms with Gasteiger partial charge in [0.15, 0.2) is 0 Å². The van der Waals surface area contributed by atoms with Gasteiger partial charge in [0.25, 0.3) is 0 Å². The normalized spacial score (nSPS) is 15.4. The highest BCUT2D eigenvalue weighted by atomic mass is 16.5. The number of para-hydroxylation sites is 1. The summed E-state index contributed by atoms with van der Waals surface area (Å²) in [5, 5.41) is 9.18. The molecule has 2 rings (SSSR count). The molecular formula is C28H45N3O3. The van der Waals surface area contributed by atoms with Crippen LogP contribution >= 0.6 is 0 Å². The highest BCUT2D eigenvalue weighted by molar-refractivity contribution is 5.88. The number of rotatable bonds is 17. The SMILES string of the molecule is CC/C=C(\CC)NCC(=O)NC(CC1CC1)C(=O)NCCCc1ccccc1OC[C@H](C)CC. The molecule has 1 saturated carbocycles. The Morgan fingerprint density at radius 3 is 2.59 bits per heavy atom. The lowest BCUT2D eigenvalue weighted by molar-refractivity contribution is -0.128. The average Bonchev–Trinajstić information content (AvgIpc) is 3.67. The lowest BCUT2D eigenvalue weighted by atomic mass is 10.1. The van der Waals surface area contributed by atoms with Crippen molar-refractivity contribution in [2.45, 2.75) is 85.1 Å². The second-order valence-electron chi connectivity index (χ2n) is 9.47. The minimum atomic E-state index is -0.465. The number of allylic oxidation sites excluding steroid dienone is 2. The smallest absolute Gasteiger partial charge is 0.242 e. The van der Waals surface area contributed by atoms with E-state index < -0.39 is 6.04 Å². The lowest BCUT2D eigenvalue weighted by Gasteiger charge is -2.19. The zero-order chi connectivity index (χ0) is 24.8. The highest BCUT2D eigenvalue weighted by Gasteiger charge is 2.30. The van der Waals surface area contributed by atoms with Crippen LogP contribution in [0, 0.1) is 11.8 Å². The largest absolute Gasteiger partial charge is 0.493 e. The number of hydrogen-bond donors (Lipinski definition) is 3. The minimum Gasteiger partial charge on any atom is -0.493 e. The predicted octanol–water partition coefficient (Wildman–Crippen LogP) is 4.74. The van der Waals surface area contributed by atoms with E-state index in [-0.39, 0.29) is 18.4 Å². The van der Waals surface area contributed by atoms with Crippen molar-refractivity contribution in [2.75, 3.05) is 19.7 Å². The monoisotopic (exact) mass is 471 g/mol. The summed E-state index contributed by atoms with van der Waals surface area (Å²) in [7, 11) is 0. The molecule has 0 saturated heterocycles. The van der Waals surface area contributed by atoms with Crippen molar-refractivity contribution in [3.05, 3.63) is 41.6 Å². The number of ether oxygens (including phenoxy) is 1. The van der Waals surface area contributed by atoms with Crippen LogP contribution in [0.3, 0.4) is 0 Å². The maximum atomic E-state index is 12.8. The fourth-order valence-electron chi connectivity index (χ4n) is 3.76. The van der Waals surface area contributed by atoms with Crippen LogP contribution in [0.25, 0.3) is 0 Å². The average molecular weight is 472 g/mol. The molecule has 1 aromatic carbocycles. The molecule has 6 heteroatoms. The summed E-state index contributed by atoms with van der Waals surface area (Å²) >= 11 is 0. The summed E-state index contributed by atoms with van der Waals surface area (Å²) in [6.45, 7) is 9.99. The zero-order valence-electron chi connectivity index (χ0n) is 21.6. The van der Waals surface area contributed by atoms with Crippen LogP contribution < -0.4 is 20.7 Å². The molecule has 0 aliphatic heterocycles. The standard InChI is InChI=1S/C28H45N3O3/c1-5-11-24(7-3)30-19-27(32)31-25(18-22-15-16-22)28(33)29-17-10-13-23-12-8-9-14-26(23)34-20-21(4)6-2/h8-9,11-12,14,21-22,25,30H,5-7,10,13,15-20H2,1-4H3,(H,29,33)(H,31,32)/b24-11+/t21-,25?/m1/s1. The minimum absolute atomic E-state index is 0.0821. The van der Waals surface area contributed by atoms with E-state index in [1.54, 1.807) is 0 Å². The van der Waals surface area contributed by atoms with Crippen molar-refractivity contribution in [1.29, 1.82) is 0 Å². The van der Waals surface area contributed by atoms with Crippen molar-refractivity contribution in [3.8, 4) is 5.75 Å². The van der Waals surface area contributed by atoms with Crippen molar-refractivity contribution in [3.63, 3.8) is 0 Å². The van der Waals surface area contributed by atoms with Gasteiger partial charge in [0.1, 0.15) is 11.8 Å². The van der Waals surface area contributed by atoms with Crippen LogP contribution in [-0.4, -0.2) is 37.6 Å². The van der Waals surface area contributed by atoms with Crippen molar-refractivity contribution >= 4 is 11.8 Å². The molecular weight excluding hydrogens is 426 g/mol. The van der Waals surface area contributed by atoms with E-state index in [1.807, 2.05) is 18.2 Å². The van der Waals surface area contributed by atoms with Crippen molar-refractivity contribution in [1.82, 2.24) is 16.0 Å². The van der Waals surface area contributed by atoms with Gasteiger partial charge in [-0.1, -0.05) is 71.2 Å². The molecule has 1 aliphatic rings. The van der Waals surface area contributed by atoms with Gasteiger partial charge < -0.3 is 20.7 Å². The Hall–Kier alpha value is -2.50. The number of aryl methyl sites for hydroxylation is 1. The quantitative estimate of drug-likeness (QED) is 0.287. The fourth-order valence-corrected chi connectivity index (χ4v) is 3.76. The molecule has 0 radical (unpaired) electrons. The van der Waals surface area contributed by atoms with Crippen molar-refractivity contribution in [2.24, 2.45) is 11.8 Å². The molecule has 1 unspecified atom stereocenters. The third-order valence-corrected chi connectivity index (χ3v) is 6.34. The Labute approximate surface area is 206 Å². The first-order valence-electron chi connectivity index (χ1n) is 13.2. The van der Waals surface area contributed by atoms with Crippen LogP contribution in [0.4, 0.5) is 0 Å². The van der Waals surface area contributed by atoms with E-state index in [2.05, 4.69) is 55.8 Å². The summed E-state index contributed by atoms with van der Waals surface area (Å²) in [5.74, 6) is 1.79. The summed E-state index contributed by atoms with van der Waals surface area (Å²) in [4.78, 5) is 25.3. The van der Waals surface area contributed by atoms with Crippen LogP contribution in [0.5, 0.6) is 5.75 Å². The second kappa shape index (κ2) is 15.4. The molecule has 0 bridgehead atoms. The van der Waals surface area contributed by atoms with Gasteiger partial charge in [0, 0.05) is 12.2 Å². The van der Waals surface area contributed by atoms with Gasteiger partial charge in [-0.3, -0.25) is 9.59 Å². The maximum Gasteiger partial charge on any atom is 0.242 e. The molecule has 1 aromatic rings. The Morgan fingerprint density at radius 2 is 1.91 bits per heavy atom. The van der Waals surface area contributed by atoms with Gasteiger partial charge in [0.2, 0.25) is 11.8 Å². The van der Waals surface area contributed by atoms with E-state index in [1.165, 1.54) is 5.56 Å². The fraction of sp³-hybridized carbons (Fsp3) is 0.643. The van der Waals surface area contributed by atoms with Gasteiger partial charge in [-0.05, 0) is 55.6 Å². The molecule has 3 N–H and O–H groups in total. The molecule has 0 heterocycles. The summed E-state index contributed by atoms with van der Waals surface area (Å²) in [6.07, 6.45) is 9.64. The Kier molecular flexibility index (Phi) is 12.6. The summed E-state index contributed by atoms with van der Waals surface area (Å²) in [5.41, 5.74) is 2.23. The number of benzene rings is 1. The summed E-state index contributed by atoms with van der Waals surface area (Å²) < 4.78 is 6.02. The molecule has 1 aliphatic carbocycles. The molecule has 0 spiro atoms. The third-order valence-electron chi connectivity index (χ3n) is 6.34. The van der Waals surface area contributed by atoms with Crippen LogP contribution in [-0.2, 0) is 16.0 Å². The second-order valence-corrected chi connectivity index (χ2v) is 9.47. The van der Waals surface area contributed by atoms with E-state index in [9.17, 15) is 9.59 Å². The molecule has 2 atom stereocenters. The van der Waals surface area contributed by atoms with Gasteiger partial charge in [-0.15, -0.1) is 0 Å². The van der Waals surface area contributed by atoms with Gasteiger partial charge in [0.05, 0.1) is 13.2 Å². The number of nitrogens with one attached hydrogen (secondary N) is 3. The summed E-state index contributed by atoms with van der Waals surface area (Å²) in [6, 6.07) is 7.67. The number of carbonyl (C=O) groups is 2. The first-order chi connectivity index (χ1) is 16.5. The van der Waals surface area contributed by atoms with Gasteiger partial charge >= 0.3 is 0 Å². The Morgan fingerprint density at radius 1 is 1.15 bits per heavy atom. The molecule has 2 amide bonds. The van der Waals surface area contributed by atoms with Crippen LogP contribution in [0.15, 0.2) is 36.0 Å². The predicted molar refractivity (Wildman–Crippen MR) is 139 cm³/mol. The van der Waals surface area contributed by atoms with Crippen LogP contribution in [0.2, 0.25) is 0 Å².